The topological polar surface area (TPSA) is 57.7 Å². The quantitative estimate of drug-likeness (QED) is 0.830. The van der Waals surface area contributed by atoms with Crippen LogP contribution in [-0.2, 0) is 14.6 Å². The Balaban J connectivity index is 1.63. The third kappa shape index (κ3) is 3.90. The van der Waals surface area contributed by atoms with Gasteiger partial charge in [0.1, 0.15) is 5.82 Å². The molecule has 5 nitrogen and oxygen atoms in total. The zero-order valence-corrected chi connectivity index (χ0v) is 13.8. The average molecular weight is 340 g/mol. The second-order valence-electron chi connectivity index (χ2n) is 6.22. The van der Waals surface area contributed by atoms with Gasteiger partial charge >= 0.3 is 0 Å². The van der Waals surface area contributed by atoms with Crippen molar-refractivity contribution < 1.29 is 17.6 Å². The van der Waals surface area contributed by atoms with Crippen LogP contribution in [0.15, 0.2) is 24.3 Å². The van der Waals surface area contributed by atoms with E-state index in [-0.39, 0.29) is 35.8 Å². The fraction of sp³-hybridized carbons (Fsp3) is 0.562. The number of carbonyl (C=O) groups is 1. The first kappa shape index (κ1) is 16.4. The number of rotatable bonds is 3. The van der Waals surface area contributed by atoms with Crippen LogP contribution in [-0.4, -0.2) is 61.8 Å². The first-order valence-electron chi connectivity index (χ1n) is 7.92. The van der Waals surface area contributed by atoms with Gasteiger partial charge in [-0.2, -0.15) is 0 Å². The maximum absolute atomic E-state index is 13.1. The van der Waals surface area contributed by atoms with Crippen LogP contribution >= 0.6 is 0 Å². The highest BCUT2D eigenvalue weighted by molar-refractivity contribution is 7.91. The van der Waals surface area contributed by atoms with Gasteiger partial charge in [0.2, 0.25) is 5.91 Å². The smallest absolute Gasteiger partial charge is 0.237 e. The number of nitrogens with zero attached hydrogens (tertiary/aromatic N) is 2. The Morgan fingerprint density at radius 1 is 1.13 bits per heavy atom. The number of amides is 1. The van der Waals surface area contributed by atoms with Crippen molar-refractivity contribution >= 4 is 15.7 Å². The number of halogens is 1. The van der Waals surface area contributed by atoms with Gasteiger partial charge < -0.3 is 4.90 Å². The number of hydrogen-bond acceptors (Lipinski definition) is 4. The Morgan fingerprint density at radius 2 is 1.78 bits per heavy atom. The Labute approximate surface area is 136 Å². The molecule has 126 valence electrons. The van der Waals surface area contributed by atoms with Gasteiger partial charge in [0.25, 0.3) is 0 Å². The van der Waals surface area contributed by atoms with Gasteiger partial charge in [-0.05, 0) is 30.5 Å². The first-order chi connectivity index (χ1) is 10.9. The molecule has 0 bridgehead atoms. The lowest BCUT2D eigenvalue weighted by Gasteiger charge is -2.30. The van der Waals surface area contributed by atoms with Gasteiger partial charge in [0.15, 0.2) is 9.84 Å². The summed E-state index contributed by atoms with van der Waals surface area (Å²) in [7, 11) is -2.93. The molecule has 1 aromatic rings. The lowest BCUT2D eigenvalue weighted by Crippen LogP contribution is -2.46. The molecule has 2 saturated heterocycles. The van der Waals surface area contributed by atoms with Gasteiger partial charge in [0.05, 0.1) is 24.1 Å². The van der Waals surface area contributed by atoms with Crippen molar-refractivity contribution in [1.29, 1.82) is 0 Å². The number of carbonyl (C=O) groups excluding carboxylic acids is 1. The largest absolute Gasteiger partial charge is 0.335 e. The van der Waals surface area contributed by atoms with Crippen LogP contribution in [0.25, 0.3) is 0 Å². The molecule has 2 aliphatic heterocycles. The Bertz CT molecular complexity index is 661. The molecule has 0 radical (unpaired) electrons. The van der Waals surface area contributed by atoms with Gasteiger partial charge in [-0.1, -0.05) is 12.1 Å². The summed E-state index contributed by atoms with van der Waals surface area (Å²) in [5.41, 5.74) is 0.957. The summed E-state index contributed by atoms with van der Waals surface area (Å²) >= 11 is 0. The van der Waals surface area contributed by atoms with Crippen LogP contribution in [0, 0.1) is 5.82 Å². The predicted octanol–water partition coefficient (Wildman–Crippen LogP) is 1.22. The van der Waals surface area contributed by atoms with Crippen molar-refractivity contribution in [3.05, 3.63) is 35.6 Å². The predicted molar refractivity (Wildman–Crippen MR) is 85.2 cm³/mol. The summed E-state index contributed by atoms with van der Waals surface area (Å²) < 4.78 is 36.0. The van der Waals surface area contributed by atoms with Crippen LogP contribution in [0.3, 0.4) is 0 Å². The van der Waals surface area contributed by atoms with Gasteiger partial charge in [-0.25, -0.2) is 12.8 Å². The summed E-state index contributed by atoms with van der Waals surface area (Å²) in [6.45, 7) is 1.80. The van der Waals surface area contributed by atoms with E-state index in [0.29, 0.717) is 19.6 Å². The van der Waals surface area contributed by atoms with Crippen LogP contribution in [0.2, 0.25) is 0 Å². The highest BCUT2D eigenvalue weighted by Crippen LogP contribution is 2.32. The van der Waals surface area contributed by atoms with Crippen LogP contribution < -0.4 is 0 Å². The van der Waals surface area contributed by atoms with E-state index in [9.17, 15) is 17.6 Å². The van der Waals surface area contributed by atoms with Gasteiger partial charge in [-0.15, -0.1) is 0 Å². The minimum Gasteiger partial charge on any atom is -0.335 e. The zero-order chi connectivity index (χ0) is 16.4. The van der Waals surface area contributed by atoms with Crippen molar-refractivity contribution in [1.82, 2.24) is 9.80 Å². The van der Waals surface area contributed by atoms with Crippen LogP contribution in [0.1, 0.15) is 24.4 Å². The molecule has 1 amide bonds. The minimum absolute atomic E-state index is 0.00313. The molecule has 3 rings (SSSR count). The second kappa shape index (κ2) is 6.57. The van der Waals surface area contributed by atoms with Crippen LogP contribution in [0.4, 0.5) is 4.39 Å². The molecule has 0 aliphatic carbocycles. The molecule has 0 unspecified atom stereocenters. The molecular weight excluding hydrogens is 319 g/mol. The van der Waals surface area contributed by atoms with Crippen LogP contribution in [0.5, 0.6) is 0 Å². The summed E-state index contributed by atoms with van der Waals surface area (Å²) in [4.78, 5) is 16.3. The van der Waals surface area contributed by atoms with E-state index in [1.54, 1.807) is 12.1 Å². The second-order valence-corrected chi connectivity index (χ2v) is 8.53. The minimum atomic E-state index is -2.93. The molecule has 0 aromatic heterocycles. The molecule has 0 spiro atoms. The third-order valence-corrected chi connectivity index (χ3v) is 6.23. The SMILES string of the molecule is O=C(CN1CCS(=O)(=O)CC1)N1CCC[C@@H]1c1ccc(F)cc1. The lowest BCUT2D eigenvalue weighted by atomic mass is 10.0. The summed E-state index contributed by atoms with van der Waals surface area (Å²) in [6, 6.07) is 6.31. The van der Waals surface area contributed by atoms with Crippen molar-refractivity contribution in [3.8, 4) is 0 Å². The normalized spacial score (nSPS) is 24.7. The van der Waals surface area contributed by atoms with Gasteiger partial charge in [-0.3, -0.25) is 9.69 Å². The van der Waals surface area contributed by atoms with E-state index < -0.39 is 9.84 Å². The molecule has 2 heterocycles. The standard InChI is InChI=1S/C16H21FN2O3S/c17-14-5-3-13(4-6-14)15-2-1-7-19(15)16(20)12-18-8-10-23(21,22)11-9-18/h3-6,15H,1-2,7-12H2/t15-/m1/s1. The van der Waals surface area contributed by atoms with Crippen molar-refractivity contribution in [2.45, 2.75) is 18.9 Å². The molecule has 0 saturated carbocycles. The zero-order valence-electron chi connectivity index (χ0n) is 12.9. The van der Waals surface area contributed by atoms with E-state index in [4.69, 9.17) is 0 Å². The van der Waals surface area contributed by atoms with Crippen molar-refractivity contribution in [2.24, 2.45) is 0 Å². The fourth-order valence-corrected chi connectivity index (χ4v) is 4.56. The van der Waals surface area contributed by atoms with Crippen molar-refractivity contribution in [2.75, 3.05) is 37.7 Å². The van der Waals surface area contributed by atoms with Crippen molar-refractivity contribution in [3.63, 3.8) is 0 Å². The summed E-state index contributed by atoms with van der Waals surface area (Å²) in [6.07, 6.45) is 1.81. The summed E-state index contributed by atoms with van der Waals surface area (Å²) in [5, 5.41) is 0. The molecule has 2 aliphatic rings. The van der Waals surface area contributed by atoms with E-state index in [1.807, 2.05) is 9.80 Å². The molecule has 2 fully saturated rings. The molecule has 0 N–H and O–H groups in total. The molecule has 1 aromatic carbocycles. The Morgan fingerprint density at radius 3 is 2.43 bits per heavy atom. The maximum atomic E-state index is 13.1. The van der Waals surface area contributed by atoms with Gasteiger partial charge in [0, 0.05) is 19.6 Å². The van der Waals surface area contributed by atoms with E-state index in [1.165, 1.54) is 12.1 Å². The average Bonchev–Trinajstić information content (AvgIpc) is 3.00. The Kier molecular flexibility index (Phi) is 4.68. The summed E-state index contributed by atoms with van der Waals surface area (Å²) in [5.74, 6) is -0.00106. The lowest BCUT2D eigenvalue weighted by molar-refractivity contribution is -0.133. The van der Waals surface area contributed by atoms with E-state index >= 15 is 0 Å². The number of benzene rings is 1. The highest BCUT2D eigenvalue weighted by Gasteiger charge is 2.31. The Hall–Kier alpha value is -1.47. The molecular formula is C16H21FN2O3S. The third-order valence-electron chi connectivity index (χ3n) is 4.62. The van der Waals surface area contributed by atoms with E-state index in [2.05, 4.69) is 0 Å². The highest BCUT2D eigenvalue weighted by atomic mass is 32.2. The molecule has 1 atom stereocenters. The number of sulfone groups is 1. The molecule has 7 heteroatoms. The first-order valence-corrected chi connectivity index (χ1v) is 9.74. The van der Waals surface area contributed by atoms with E-state index in [0.717, 1.165) is 18.4 Å². The number of hydrogen-bond donors (Lipinski definition) is 0. The molecule has 23 heavy (non-hydrogen) atoms. The number of likely N-dealkylation sites (tertiary alicyclic amines) is 1. The fourth-order valence-electron chi connectivity index (χ4n) is 3.29. The maximum Gasteiger partial charge on any atom is 0.237 e. The monoisotopic (exact) mass is 340 g/mol.